The molecule has 1 fully saturated rings. The van der Waals surface area contributed by atoms with E-state index in [1.54, 1.807) is 0 Å². The van der Waals surface area contributed by atoms with E-state index in [4.69, 9.17) is 12.2 Å². The molecule has 0 spiro atoms. The third kappa shape index (κ3) is 4.73. The highest BCUT2D eigenvalue weighted by molar-refractivity contribution is 7.80. The second-order valence-corrected chi connectivity index (χ2v) is 6.54. The van der Waals surface area contributed by atoms with Crippen molar-refractivity contribution in [3.8, 4) is 0 Å². The van der Waals surface area contributed by atoms with Crippen molar-refractivity contribution in [3.05, 3.63) is 0 Å². The largest absolute Gasteiger partial charge is 0.299 e. The Morgan fingerprint density at radius 2 is 1.94 bits per heavy atom. The van der Waals surface area contributed by atoms with Gasteiger partial charge in [0.1, 0.15) is 5.78 Å². The number of carbonyl (C=O) groups excluding carboxylic acids is 1. The third-order valence-corrected chi connectivity index (χ3v) is 3.66. The average molecular weight is 240 g/mol. The Morgan fingerprint density at radius 3 is 2.38 bits per heavy atom. The van der Waals surface area contributed by atoms with E-state index in [0.717, 1.165) is 29.5 Å². The summed E-state index contributed by atoms with van der Waals surface area (Å²) >= 11 is 5.24. The lowest BCUT2D eigenvalue weighted by Gasteiger charge is -2.06. The monoisotopic (exact) mass is 240 g/mol. The Balaban J connectivity index is 2.20. The zero-order chi connectivity index (χ0) is 12.3. The van der Waals surface area contributed by atoms with Gasteiger partial charge < -0.3 is 0 Å². The zero-order valence-electron chi connectivity index (χ0n) is 11.0. The second kappa shape index (κ2) is 5.90. The van der Waals surface area contributed by atoms with Crippen molar-refractivity contribution in [1.29, 1.82) is 0 Å². The highest BCUT2D eigenvalue weighted by Gasteiger charge is 2.39. The molecule has 2 unspecified atom stereocenters. The first-order valence-electron chi connectivity index (χ1n) is 6.43. The van der Waals surface area contributed by atoms with Gasteiger partial charge in [-0.3, -0.25) is 4.79 Å². The molecule has 0 radical (unpaired) electrons. The Labute approximate surface area is 105 Å². The lowest BCUT2D eigenvalue weighted by Crippen LogP contribution is -2.09. The van der Waals surface area contributed by atoms with E-state index in [9.17, 15) is 4.79 Å². The summed E-state index contributed by atoms with van der Waals surface area (Å²) in [5, 5.41) is 0. The van der Waals surface area contributed by atoms with Gasteiger partial charge in [-0.25, -0.2) is 0 Å². The number of rotatable bonds is 7. The summed E-state index contributed by atoms with van der Waals surface area (Å²) in [6, 6.07) is 0. The molecular formula is C14H24OS. The lowest BCUT2D eigenvalue weighted by atomic mass is 10.0. The molecule has 0 aromatic heterocycles. The summed E-state index contributed by atoms with van der Waals surface area (Å²) in [6.45, 7) is 8.79. The lowest BCUT2D eigenvalue weighted by molar-refractivity contribution is -0.118. The maximum atomic E-state index is 11.8. The van der Waals surface area contributed by atoms with E-state index < -0.39 is 0 Å². The Morgan fingerprint density at radius 1 is 1.31 bits per heavy atom. The van der Waals surface area contributed by atoms with Crippen molar-refractivity contribution in [3.63, 3.8) is 0 Å². The molecule has 2 heteroatoms. The highest BCUT2D eigenvalue weighted by Crippen LogP contribution is 2.46. The summed E-state index contributed by atoms with van der Waals surface area (Å²) in [5.74, 6) is 3.13. The molecule has 0 N–H and O–H groups in total. The zero-order valence-corrected chi connectivity index (χ0v) is 11.8. The first-order chi connectivity index (χ1) is 7.40. The van der Waals surface area contributed by atoms with Gasteiger partial charge in [-0.05, 0) is 36.5 Å². The Kier molecular flexibility index (Phi) is 5.10. The van der Waals surface area contributed by atoms with Crippen LogP contribution in [-0.2, 0) is 4.79 Å². The summed E-state index contributed by atoms with van der Waals surface area (Å²) in [6.07, 6.45) is 3.47. The molecule has 1 saturated carbocycles. The van der Waals surface area contributed by atoms with Crippen LogP contribution < -0.4 is 0 Å². The molecule has 1 rings (SSSR count). The molecule has 0 amide bonds. The smallest absolute Gasteiger partial charge is 0.138 e. The van der Waals surface area contributed by atoms with Crippen LogP contribution in [0.1, 0.15) is 53.4 Å². The Hall–Kier alpha value is -0.240. The van der Waals surface area contributed by atoms with Gasteiger partial charge in [-0.15, -0.1) is 0 Å². The molecule has 16 heavy (non-hydrogen) atoms. The van der Waals surface area contributed by atoms with Crippen molar-refractivity contribution < 1.29 is 4.79 Å². The predicted molar refractivity (Wildman–Crippen MR) is 72.7 cm³/mol. The summed E-state index contributed by atoms with van der Waals surface area (Å²) in [4.78, 5) is 12.7. The van der Waals surface area contributed by atoms with Crippen LogP contribution >= 0.6 is 12.2 Å². The van der Waals surface area contributed by atoms with E-state index >= 15 is 0 Å². The molecule has 0 aliphatic heterocycles. The summed E-state index contributed by atoms with van der Waals surface area (Å²) in [7, 11) is 0. The highest BCUT2D eigenvalue weighted by atomic mass is 32.1. The van der Waals surface area contributed by atoms with Crippen LogP contribution in [0.4, 0.5) is 0 Å². The van der Waals surface area contributed by atoms with E-state index in [0.29, 0.717) is 24.0 Å². The second-order valence-electron chi connectivity index (χ2n) is 5.96. The first kappa shape index (κ1) is 13.8. The van der Waals surface area contributed by atoms with Gasteiger partial charge in [0.05, 0.1) is 0 Å². The molecule has 0 aromatic rings. The van der Waals surface area contributed by atoms with Gasteiger partial charge in [0.25, 0.3) is 0 Å². The van der Waals surface area contributed by atoms with Crippen LogP contribution in [0.5, 0.6) is 0 Å². The average Bonchev–Trinajstić information content (AvgIpc) is 2.80. The minimum absolute atomic E-state index is 0.360. The molecule has 0 saturated heterocycles. The molecule has 0 heterocycles. The Bertz CT molecular complexity index is 268. The van der Waals surface area contributed by atoms with Crippen molar-refractivity contribution in [2.24, 2.45) is 23.7 Å². The van der Waals surface area contributed by atoms with Crippen LogP contribution in [0.3, 0.4) is 0 Å². The maximum Gasteiger partial charge on any atom is 0.138 e. The van der Waals surface area contributed by atoms with Gasteiger partial charge in [0, 0.05) is 17.7 Å². The van der Waals surface area contributed by atoms with Crippen molar-refractivity contribution in [1.82, 2.24) is 0 Å². The van der Waals surface area contributed by atoms with Gasteiger partial charge in [0.15, 0.2) is 0 Å². The minimum atomic E-state index is 0.360. The first-order valence-corrected chi connectivity index (χ1v) is 6.84. The van der Waals surface area contributed by atoms with E-state index in [1.807, 2.05) is 0 Å². The fourth-order valence-corrected chi connectivity index (χ4v) is 2.93. The van der Waals surface area contributed by atoms with Gasteiger partial charge in [0.2, 0.25) is 0 Å². The van der Waals surface area contributed by atoms with Crippen molar-refractivity contribution in [2.45, 2.75) is 53.4 Å². The fourth-order valence-electron chi connectivity index (χ4n) is 2.43. The molecule has 1 aliphatic carbocycles. The molecule has 1 aliphatic rings. The van der Waals surface area contributed by atoms with Gasteiger partial charge in [-0.1, -0.05) is 39.9 Å². The maximum absolute atomic E-state index is 11.8. The standard InChI is InChI=1S/C14H24OS/c1-9(2)5-13(16)8-12(15)6-11-7-14(11)10(3)4/h9-11,14H,5-8H2,1-4H3. The normalized spacial score (nSPS) is 23.9. The molecule has 0 aromatic carbocycles. The van der Waals surface area contributed by atoms with Gasteiger partial charge >= 0.3 is 0 Å². The van der Waals surface area contributed by atoms with E-state index in [1.165, 1.54) is 6.42 Å². The molecule has 92 valence electrons. The number of hydrogen-bond acceptors (Lipinski definition) is 2. The van der Waals surface area contributed by atoms with Crippen molar-refractivity contribution in [2.75, 3.05) is 0 Å². The van der Waals surface area contributed by atoms with Crippen LogP contribution in [0.2, 0.25) is 0 Å². The summed E-state index contributed by atoms with van der Waals surface area (Å²) < 4.78 is 0. The van der Waals surface area contributed by atoms with Crippen LogP contribution in [-0.4, -0.2) is 10.6 Å². The molecule has 0 bridgehead atoms. The molecule has 2 atom stereocenters. The SMILES string of the molecule is CC(C)CC(=S)CC(=O)CC1CC1C(C)C. The number of hydrogen-bond donors (Lipinski definition) is 0. The van der Waals surface area contributed by atoms with E-state index in [2.05, 4.69) is 27.7 Å². The fraction of sp³-hybridized carbons (Fsp3) is 0.857. The summed E-state index contributed by atoms with van der Waals surface area (Å²) in [5.41, 5.74) is 0. The number of ketones is 1. The quantitative estimate of drug-likeness (QED) is 0.625. The number of thiocarbonyl (C=S) groups is 1. The number of carbonyl (C=O) groups is 1. The van der Waals surface area contributed by atoms with E-state index in [-0.39, 0.29) is 0 Å². The van der Waals surface area contributed by atoms with Crippen LogP contribution in [0, 0.1) is 23.7 Å². The van der Waals surface area contributed by atoms with Crippen LogP contribution in [0.25, 0.3) is 0 Å². The third-order valence-electron chi connectivity index (χ3n) is 3.35. The topological polar surface area (TPSA) is 17.1 Å². The molecular weight excluding hydrogens is 216 g/mol. The van der Waals surface area contributed by atoms with Gasteiger partial charge in [-0.2, -0.15) is 0 Å². The predicted octanol–water partition coefficient (Wildman–Crippen LogP) is 4.04. The number of Topliss-reactive ketones (excluding diaryl/α,β-unsaturated/α-hetero) is 1. The van der Waals surface area contributed by atoms with Crippen LogP contribution in [0.15, 0.2) is 0 Å². The van der Waals surface area contributed by atoms with Crippen molar-refractivity contribution >= 4 is 22.9 Å². The minimum Gasteiger partial charge on any atom is -0.299 e. The molecule has 1 nitrogen and oxygen atoms in total.